The number of aromatic hydroxyl groups is 1. The molecule has 1 unspecified atom stereocenters. The summed E-state index contributed by atoms with van der Waals surface area (Å²) < 4.78 is 6.15. The van der Waals surface area contributed by atoms with Gasteiger partial charge in [0, 0.05) is 44.8 Å². The van der Waals surface area contributed by atoms with Gasteiger partial charge in [-0.3, -0.25) is 24.6 Å². The number of hydrogen-bond acceptors (Lipinski definition) is 7. The molecule has 4 aromatic carbocycles. The number of carbonyl (C=O) groups excluding carboxylic acids is 3. The van der Waals surface area contributed by atoms with E-state index in [1.807, 2.05) is 42.5 Å². The van der Waals surface area contributed by atoms with E-state index in [9.17, 15) is 19.5 Å². The lowest BCUT2D eigenvalue weighted by Crippen LogP contribution is -2.52. The second kappa shape index (κ2) is 16.9. The molecule has 2 fully saturated rings. The smallest absolute Gasteiger partial charge is 0.256 e. The first-order chi connectivity index (χ1) is 26.3. The number of halogens is 1. The normalized spacial score (nSPS) is 18.0. The molecule has 10 heteroatoms. The molecule has 3 aliphatic rings. The molecule has 3 aliphatic heterocycles. The number of rotatable bonds is 13. The first-order valence-electron chi connectivity index (χ1n) is 19.0. The van der Waals surface area contributed by atoms with Crippen molar-refractivity contribution in [1.82, 2.24) is 15.1 Å². The quantitative estimate of drug-likeness (QED) is 0.0828. The van der Waals surface area contributed by atoms with Gasteiger partial charge in [-0.1, -0.05) is 73.1 Å². The van der Waals surface area contributed by atoms with Gasteiger partial charge in [0.2, 0.25) is 11.8 Å². The van der Waals surface area contributed by atoms with Crippen molar-refractivity contribution >= 4 is 46.2 Å². The number of imide groups is 1. The number of benzene rings is 4. The number of phenolic OH excluding ortho intramolecular Hbond substituents is 1. The van der Waals surface area contributed by atoms with E-state index in [0.717, 1.165) is 92.1 Å². The average Bonchev–Trinajstić information content (AvgIpc) is 3.52. The summed E-state index contributed by atoms with van der Waals surface area (Å²) in [6.45, 7) is 7.83. The molecule has 3 heterocycles. The highest BCUT2D eigenvalue weighted by Gasteiger charge is 2.40. The molecule has 0 saturated carbocycles. The molecular formula is C44H47ClN4O5. The highest BCUT2D eigenvalue weighted by Crippen LogP contribution is 2.37. The molecule has 0 aliphatic carbocycles. The Morgan fingerprint density at radius 2 is 1.56 bits per heavy atom. The van der Waals surface area contributed by atoms with Crippen molar-refractivity contribution in [2.75, 3.05) is 44.2 Å². The number of carbonyl (C=O) groups is 3. The van der Waals surface area contributed by atoms with Gasteiger partial charge >= 0.3 is 0 Å². The number of fused-ring (bicyclic) bond motifs is 1. The number of unbranched alkanes of at least 4 members (excludes halogenated alkanes) is 2. The molecule has 3 amide bonds. The van der Waals surface area contributed by atoms with Gasteiger partial charge in [0.1, 0.15) is 17.5 Å². The van der Waals surface area contributed by atoms with Gasteiger partial charge in [-0.2, -0.15) is 0 Å². The van der Waals surface area contributed by atoms with Gasteiger partial charge in [-0.05, 0) is 108 Å². The Hall–Kier alpha value is -5.12. The van der Waals surface area contributed by atoms with Gasteiger partial charge in [0.15, 0.2) is 0 Å². The van der Waals surface area contributed by atoms with E-state index in [1.54, 1.807) is 17.0 Å². The lowest BCUT2D eigenvalue weighted by atomic mass is 9.88. The molecule has 9 nitrogen and oxygen atoms in total. The van der Waals surface area contributed by atoms with Crippen molar-refractivity contribution in [3.05, 3.63) is 124 Å². The first kappa shape index (κ1) is 37.2. The summed E-state index contributed by atoms with van der Waals surface area (Å²) in [5, 5.41) is 12.7. The maximum absolute atomic E-state index is 13.2. The topological polar surface area (TPSA) is 102 Å². The molecule has 0 spiro atoms. The van der Waals surface area contributed by atoms with Crippen LogP contribution in [0.1, 0.15) is 78.1 Å². The van der Waals surface area contributed by atoms with Crippen molar-refractivity contribution in [1.29, 1.82) is 0 Å². The Morgan fingerprint density at radius 3 is 2.24 bits per heavy atom. The second-order valence-electron chi connectivity index (χ2n) is 14.2. The van der Waals surface area contributed by atoms with E-state index in [-0.39, 0.29) is 24.0 Å². The zero-order valence-corrected chi connectivity index (χ0v) is 31.5. The average molecular weight is 747 g/mol. The van der Waals surface area contributed by atoms with Gasteiger partial charge in [-0.25, -0.2) is 0 Å². The summed E-state index contributed by atoms with van der Waals surface area (Å²) in [4.78, 5) is 43.6. The number of hydrogen-bond donors (Lipinski definition) is 2. The Kier molecular flexibility index (Phi) is 11.7. The highest BCUT2D eigenvalue weighted by molar-refractivity contribution is 6.34. The molecule has 7 rings (SSSR count). The monoisotopic (exact) mass is 746 g/mol. The van der Waals surface area contributed by atoms with Crippen molar-refractivity contribution in [2.45, 2.75) is 58.0 Å². The minimum atomic E-state index is -0.655. The van der Waals surface area contributed by atoms with E-state index >= 15 is 0 Å². The van der Waals surface area contributed by atoms with Crippen LogP contribution in [0.15, 0.2) is 91.0 Å². The Bertz CT molecular complexity index is 2010. The summed E-state index contributed by atoms with van der Waals surface area (Å²) in [5.74, 6) is 0.146. The number of nitrogens with one attached hydrogen (secondary N) is 1. The standard InChI is InChI=1S/C44H47ClN4O5/c1-2-37(30-9-5-3-6-10-30)41(31-11-15-35(50)16-12-31)32-13-17-36(18-14-32)54-26-8-4-7-21-47-22-24-48(25-23-47)34-27-33-29-49(44(53)42(33)38(45)28-34)39-19-20-40(51)46-43(39)52/h3,5-6,9-18,27-28,39,50H,2,4,7-8,19-26,29H2,1H3,(H,46,51,52)/b41-37-. The summed E-state index contributed by atoms with van der Waals surface area (Å²) in [6.07, 6.45) is 4.59. The molecule has 2 N–H and O–H groups in total. The molecular weight excluding hydrogens is 700 g/mol. The molecule has 4 aromatic rings. The number of nitrogens with zero attached hydrogens (tertiary/aromatic N) is 3. The number of piperidine rings is 1. The van der Waals surface area contributed by atoms with E-state index in [0.29, 0.717) is 30.2 Å². The number of anilines is 1. The summed E-state index contributed by atoms with van der Waals surface area (Å²) >= 11 is 6.66. The number of amides is 3. The van der Waals surface area contributed by atoms with Crippen LogP contribution < -0.4 is 15.0 Å². The van der Waals surface area contributed by atoms with Gasteiger partial charge in [0.25, 0.3) is 5.91 Å². The summed E-state index contributed by atoms with van der Waals surface area (Å²) in [6, 6.07) is 29.5. The van der Waals surface area contributed by atoms with Crippen LogP contribution in [-0.2, 0) is 16.1 Å². The number of allylic oxidation sites excluding steroid dienone is 1. The highest BCUT2D eigenvalue weighted by atomic mass is 35.5. The van der Waals surface area contributed by atoms with Crippen molar-refractivity contribution in [2.24, 2.45) is 0 Å². The second-order valence-corrected chi connectivity index (χ2v) is 14.7. The van der Waals surface area contributed by atoms with E-state index in [4.69, 9.17) is 16.3 Å². The minimum Gasteiger partial charge on any atom is -0.508 e. The molecule has 1 atom stereocenters. The first-order valence-corrected chi connectivity index (χ1v) is 19.4. The summed E-state index contributed by atoms with van der Waals surface area (Å²) in [5.41, 5.74) is 8.06. The third kappa shape index (κ3) is 8.32. The van der Waals surface area contributed by atoms with E-state index < -0.39 is 11.9 Å². The number of ether oxygens (including phenoxy) is 1. The van der Waals surface area contributed by atoms with Crippen LogP contribution in [0.2, 0.25) is 5.02 Å². The van der Waals surface area contributed by atoms with Crippen molar-refractivity contribution < 1.29 is 24.2 Å². The largest absolute Gasteiger partial charge is 0.508 e. The zero-order chi connectivity index (χ0) is 37.6. The molecule has 0 radical (unpaired) electrons. The van der Waals surface area contributed by atoms with E-state index in [2.05, 4.69) is 58.4 Å². The van der Waals surface area contributed by atoms with Crippen molar-refractivity contribution in [3.63, 3.8) is 0 Å². The third-order valence-corrected chi connectivity index (χ3v) is 11.1. The Balaban J connectivity index is 0.864. The maximum atomic E-state index is 13.2. The lowest BCUT2D eigenvalue weighted by molar-refractivity contribution is -0.136. The van der Waals surface area contributed by atoms with Gasteiger partial charge in [-0.15, -0.1) is 0 Å². The summed E-state index contributed by atoms with van der Waals surface area (Å²) in [7, 11) is 0. The Labute approximate surface area is 322 Å². The Morgan fingerprint density at radius 1 is 0.852 bits per heavy atom. The van der Waals surface area contributed by atoms with E-state index in [1.165, 1.54) is 11.1 Å². The SMILES string of the molecule is CC/C(=C(\c1ccc(O)cc1)c1ccc(OCCCCCN2CCN(c3cc(Cl)c4c(c3)CN(C3CCC(=O)NC3=O)C4=O)CC2)cc1)c1ccccc1. The maximum Gasteiger partial charge on any atom is 0.256 e. The third-order valence-electron chi connectivity index (χ3n) is 10.8. The molecule has 2 saturated heterocycles. The minimum absolute atomic E-state index is 0.224. The van der Waals surface area contributed by atoms with Crippen LogP contribution in [-0.4, -0.2) is 78.0 Å². The molecule has 54 heavy (non-hydrogen) atoms. The van der Waals surface area contributed by atoms with Crippen molar-refractivity contribution in [3.8, 4) is 11.5 Å². The lowest BCUT2D eigenvalue weighted by Gasteiger charge is -2.36. The number of piperazine rings is 1. The molecule has 0 bridgehead atoms. The predicted molar refractivity (Wildman–Crippen MR) is 213 cm³/mol. The van der Waals surface area contributed by atoms with Crippen LogP contribution in [0.5, 0.6) is 11.5 Å². The van der Waals surface area contributed by atoms with Crippen LogP contribution in [0.4, 0.5) is 5.69 Å². The van der Waals surface area contributed by atoms with Crippen LogP contribution >= 0.6 is 11.6 Å². The van der Waals surface area contributed by atoms with Crippen LogP contribution in [0.25, 0.3) is 11.1 Å². The fourth-order valence-corrected chi connectivity index (χ4v) is 8.20. The van der Waals surface area contributed by atoms with Crippen LogP contribution in [0, 0.1) is 0 Å². The molecule has 280 valence electrons. The fraction of sp³-hybridized carbons (Fsp3) is 0.341. The molecule has 0 aromatic heterocycles. The van der Waals surface area contributed by atoms with Gasteiger partial charge < -0.3 is 19.6 Å². The van der Waals surface area contributed by atoms with Gasteiger partial charge in [0.05, 0.1) is 17.2 Å². The number of phenols is 1. The van der Waals surface area contributed by atoms with Crippen LogP contribution in [0.3, 0.4) is 0 Å². The predicted octanol–water partition coefficient (Wildman–Crippen LogP) is 7.55. The fourth-order valence-electron chi connectivity index (χ4n) is 7.88. The zero-order valence-electron chi connectivity index (χ0n) is 30.7.